The molecule has 114 valence electrons. The van der Waals surface area contributed by atoms with E-state index in [2.05, 4.69) is 5.32 Å². The number of carbonyl (C=O) groups excluding carboxylic acids is 1. The minimum absolute atomic E-state index is 0.146. The fraction of sp³-hybridized carbons (Fsp3) is 0.857. The minimum atomic E-state index is -0.792. The molecule has 20 heavy (non-hydrogen) atoms. The third-order valence-corrected chi connectivity index (χ3v) is 4.47. The van der Waals surface area contributed by atoms with Crippen molar-refractivity contribution in [2.75, 3.05) is 26.2 Å². The second-order valence-electron chi connectivity index (χ2n) is 5.74. The van der Waals surface area contributed by atoms with Gasteiger partial charge in [-0.2, -0.15) is 0 Å². The monoisotopic (exact) mass is 284 g/mol. The molecule has 2 fully saturated rings. The van der Waals surface area contributed by atoms with E-state index in [1.165, 1.54) is 0 Å². The highest BCUT2D eigenvalue weighted by Gasteiger charge is 2.44. The Labute approximate surface area is 119 Å². The van der Waals surface area contributed by atoms with E-state index < -0.39 is 11.4 Å². The molecule has 2 rings (SSSR count). The summed E-state index contributed by atoms with van der Waals surface area (Å²) in [6, 6.07) is -0.146. The van der Waals surface area contributed by atoms with E-state index in [1.807, 2.05) is 6.92 Å². The second-order valence-corrected chi connectivity index (χ2v) is 5.74. The molecule has 0 atom stereocenters. The average molecular weight is 284 g/mol. The first-order valence-corrected chi connectivity index (χ1v) is 7.45. The van der Waals surface area contributed by atoms with E-state index in [1.54, 1.807) is 4.90 Å². The number of carbonyl (C=O) groups is 2. The zero-order valence-electron chi connectivity index (χ0n) is 12.1. The Bertz CT molecular complexity index is 360. The fourth-order valence-corrected chi connectivity index (χ4v) is 2.89. The molecule has 2 aliphatic rings. The lowest BCUT2D eigenvalue weighted by molar-refractivity contribution is -0.153. The van der Waals surface area contributed by atoms with Crippen molar-refractivity contribution in [3.05, 3.63) is 0 Å². The number of likely N-dealkylation sites (tertiary alicyclic amines) is 1. The number of amides is 2. The van der Waals surface area contributed by atoms with Gasteiger partial charge < -0.3 is 20.1 Å². The first-order valence-electron chi connectivity index (χ1n) is 7.45. The second kappa shape index (κ2) is 6.43. The van der Waals surface area contributed by atoms with Crippen LogP contribution in [0.5, 0.6) is 0 Å². The van der Waals surface area contributed by atoms with Gasteiger partial charge in [0, 0.05) is 26.2 Å². The number of hydrogen-bond acceptors (Lipinski definition) is 3. The molecule has 0 aromatic rings. The Morgan fingerprint density at radius 1 is 1.35 bits per heavy atom. The van der Waals surface area contributed by atoms with Crippen LogP contribution in [-0.4, -0.2) is 54.4 Å². The van der Waals surface area contributed by atoms with Gasteiger partial charge in [0.05, 0.1) is 11.5 Å². The van der Waals surface area contributed by atoms with Crippen molar-refractivity contribution in [1.29, 1.82) is 0 Å². The van der Waals surface area contributed by atoms with E-state index >= 15 is 0 Å². The number of hydrogen-bond donors (Lipinski definition) is 2. The van der Waals surface area contributed by atoms with Crippen molar-refractivity contribution in [3.8, 4) is 0 Å². The Hall–Kier alpha value is -1.30. The topological polar surface area (TPSA) is 78.9 Å². The van der Waals surface area contributed by atoms with Crippen LogP contribution in [0.25, 0.3) is 0 Å². The molecular formula is C14H24N2O4. The van der Waals surface area contributed by atoms with Gasteiger partial charge in [-0.25, -0.2) is 4.79 Å². The largest absolute Gasteiger partial charge is 0.481 e. The number of piperidine rings is 1. The van der Waals surface area contributed by atoms with Crippen LogP contribution in [0.15, 0.2) is 0 Å². The van der Waals surface area contributed by atoms with E-state index in [9.17, 15) is 14.7 Å². The van der Waals surface area contributed by atoms with Gasteiger partial charge in [0.15, 0.2) is 0 Å². The number of ether oxygens (including phenoxy) is 1. The molecule has 0 aromatic heterocycles. The number of aliphatic carboxylic acids is 1. The van der Waals surface area contributed by atoms with Crippen molar-refractivity contribution < 1.29 is 19.4 Å². The number of nitrogens with one attached hydrogen (secondary N) is 1. The summed E-state index contributed by atoms with van der Waals surface area (Å²) < 4.78 is 5.55. The molecule has 0 radical (unpaired) electrons. The summed E-state index contributed by atoms with van der Waals surface area (Å²) in [6.07, 6.45) is 4.21. The quantitative estimate of drug-likeness (QED) is 0.801. The zero-order valence-corrected chi connectivity index (χ0v) is 12.1. The maximum atomic E-state index is 12.1. The minimum Gasteiger partial charge on any atom is -0.481 e. The summed E-state index contributed by atoms with van der Waals surface area (Å²) in [4.78, 5) is 25.0. The maximum Gasteiger partial charge on any atom is 0.317 e. The average Bonchev–Trinajstić information content (AvgIpc) is 2.38. The summed E-state index contributed by atoms with van der Waals surface area (Å²) in [6.45, 7) is 4.28. The molecule has 0 bridgehead atoms. The molecular weight excluding hydrogens is 260 g/mol. The predicted molar refractivity (Wildman–Crippen MR) is 73.5 cm³/mol. The van der Waals surface area contributed by atoms with Gasteiger partial charge in [0.25, 0.3) is 0 Å². The third-order valence-electron chi connectivity index (χ3n) is 4.47. The van der Waals surface area contributed by atoms with Crippen molar-refractivity contribution in [3.63, 3.8) is 0 Å². The highest BCUT2D eigenvalue weighted by molar-refractivity contribution is 5.79. The molecule has 2 amide bonds. The number of carboxylic acids is 1. The number of rotatable bonds is 5. The lowest BCUT2D eigenvalue weighted by atomic mass is 9.69. The van der Waals surface area contributed by atoms with Gasteiger partial charge in [0.2, 0.25) is 0 Å². The van der Waals surface area contributed by atoms with Crippen molar-refractivity contribution in [1.82, 2.24) is 10.2 Å². The van der Waals surface area contributed by atoms with E-state index in [-0.39, 0.29) is 18.7 Å². The fourth-order valence-electron chi connectivity index (χ4n) is 2.89. The van der Waals surface area contributed by atoms with Crippen LogP contribution in [0.2, 0.25) is 0 Å². The van der Waals surface area contributed by atoms with Gasteiger partial charge >= 0.3 is 12.0 Å². The lowest BCUT2D eigenvalue weighted by Crippen LogP contribution is -2.52. The molecule has 6 nitrogen and oxygen atoms in total. The number of carboxylic acid groups (broad SMARTS) is 1. The Morgan fingerprint density at radius 3 is 2.45 bits per heavy atom. The first kappa shape index (κ1) is 15.1. The summed E-state index contributed by atoms with van der Waals surface area (Å²) >= 11 is 0. The molecule has 1 aliphatic carbocycles. The van der Waals surface area contributed by atoms with Gasteiger partial charge in [-0.05, 0) is 32.6 Å². The predicted octanol–water partition coefficient (Wildman–Crippen LogP) is 1.45. The summed E-state index contributed by atoms with van der Waals surface area (Å²) in [5.74, 6) is -0.792. The van der Waals surface area contributed by atoms with Crippen LogP contribution in [0.4, 0.5) is 4.79 Å². The smallest absolute Gasteiger partial charge is 0.317 e. The number of urea groups is 1. The standard InChI is InChI=1S/C14H24N2O4/c1-2-20-11-4-8-16(9-5-11)13(19)15-10-14(12(17)18)6-3-7-14/h11H,2-10H2,1H3,(H,15,19)(H,17,18). The van der Waals surface area contributed by atoms with Crippen LogP contribution in [0, 0.1) is 5.41 Å². The van der Waals surface area contributed by atoms with Crippen LogP contribution in [-0.2, 0) is 9.53 Å². The molecule has 0 aromatic carbocycles. The normalized spacial score (nSPS) is 22.1. The van der Waals surface area contributed by atoms with Gasteiger partial charge in [-0.3, -0.25) is 4.79 Å². The molecule has 0 spiro atoms. The SMILES string of the molecule is CCOC1CCN(C(=O)NCC2(C(=O)O)CCC2)CC1. The molecule has 6 heteroatoms. The van der Waals surface area contributed by atoms with Gasteiger partial charge in [-0.15, -0.1) is 0 Å². The molecule has 0 unspecified atom stereocenters. The third kappa shape index (κ3) is 3.23. The van der Waals surface area contributed by atoms with Gasteiger partial charge in [-0.1, -0.05) is 6.42 Å². The van der Waals surface area contributed by atoms with E-state index in [0.717, 1.165) is 19.3 Å². The highest BCUT2D eigenvalue weighted by Crippen LogP contribution is 2.40. The Kier molecular flexibility index (Phi) is 4.86. The van der Waals surface area contributed by atoms with Crippen LogP contribution in [0.3, 0.4) is 0 Å². The summed E-state index contributed by atoms with van der Waals surface area (Å²) in [5.41, 5.74) is -0.723. The molecule has 1 heterocycles. The Balaban J connectivity index is 1.74. The van der Waals surface area contributed by atoms with Crippen LogP contribution < -0.4 is 5.32 Å². The summed E-state index contributed by atoms with van der Waals surface area (Å²) in [5, 5.41) is 12.0. The summed E-state index contributed by atoms with van der Waals surface area (Å²) in [7, 11) is 0. The highest BCUT2D eigenvalue weighted by atomic mass is 16.5. The van der Waals surface area contributed by atoms with E-state index in [4.69, 9.17) is 4.74 Å². The maximum absolute atomic E-state index is 12.1. The first-order chi connectivity index (χ1) is 9.57. The molecule has 1 saturated heterocycles. The van der Waals surface area contributed by atoms with Crippen molar-refractivity contribution in [2.45, 2.75) is 45.1 Å². The van der Waals surface area contributed by atoms with Gasteiger partial charge in [0.1, 0.15) is 0 Å². The molecule has 1 aliphatic heterocycles. The van der Waals surface area contributed by atoms with Crippen LogP contribution >= 0.6 is 0 Å². The van der Waals surface area contributed by atoms with Crippen molar-refractivity contribution >= 4 is 12.0 Å². The molecule has 1 saturated carbocycles. The number of nitrogens with zero attached hydrogens (tertiary/aromatic N) is 1. The Morgan fingerprint density at radius 2 is 2.00 bits per heavy atom. The zero-order chi connectivity index (χ0) is 14.6. The van der Waals surface area contributed by atoms with Crippen molar-refractivity contribution in [2.24, 2.45) is 5.41 Å². The molecule has 2 N–H and O–H groups in total. The lowest BCUT2D eigenvalue weighted by Gasteiger charge is -2.38. The van der Waals surface area contributed by atoms with Crippen LogP contribution in [0.1, 0.15) is 39.0 Å². The van der Waals surface area contributed by atoms with E-state index in [0.29, 0.717) is 32.5 Å².